The zero-order chi connectivity index (χ0) is 25.5. The first-order valence-electron chi connectivity index (χ1n) is 14.4. The van der Waals surface area contributed by atoms with E-state index in [1.807, 2.05) is 23.9 Å². The molecule has 2 aromatic rings. The molecule has 2 nitrogen and oxygen atoms in total. The predicted molar refractivity (Wildman–Crippen MR) is 153 cm³/mol. The first-order chi connectivity index (χ1) is 17.0. The summed E-state index contributed by atoms with van der Waals surface area (Å²) in [6.07, 6.45) is 18.0. The van der Waals surface area contributed by atoms with Gasteiger partial charge in [0.15, 0.2) is 0 Å². The van der Waals surface area contributed by atoms with E-state index in [2.05, 4.69) is 39.8 Å². The molecule has 0 amide bonds. The van der Waals surface area contributed by atoms with E-state index >= 15 is 0 Å². The highest BCUT2D eigenvalue weighted by molar-refractivity contribution is 7.99. The first kappa shape index (κ1) is 29.6. The fraction of sp³-hybridized carbons (Fsp3) is 0.625. The van der Waals surface area contributed by atoms with Crippen LogP contribution < -0.4 is 0 Å². The van der Waals surface area contributed by atoms with Crippen LogP contribution in [0.5, 0.6) is 11.5 Å². The summed E-state index contributed by atoms with van der Waals surface area (Å²) in [5, 5.41) is 21.6. The first-order valence-corrected chi connectivity index (χ1v) is 15.2. The van der Waals surface area contributed by atoms with Gasteiger partial charge in [-0.25, -0.2) is 0 Å². The Balaban J connectivity index is 2.42. The number of aryl methyl sites for hydroxylation is 4. The van der Waals surface area contributed by atoms with Crippen LogP contribution in [0, 0.1) is 0 Å². The van der Waals surface area contributed by atoms with Crippen LogP contribution in [0.3, 0.4) is 0 Å². The van der Waals surface area contributed by atoms with E-state index in [0.29, 0.717) is 11.5 Å². The van der Waals surface area contributed by atoms with Gasteiger partial charge in [0.2, 0.25) is 0 Å². The van der Waals surface area contributed by atoms with Gasteiger partial charge in [-0.05, 0) is 97.9 Å². The molecular formula is C32H50O2S. The average molecular weight is 499 g/mol. The van der Waals surface area contributed by atoms with Crippen molar-refractivity contribution in [3.8, 4) is 11.5 Å². The van der Waals surface area contributed by atoms with Gasteiger partial charge < -0.3 is 10.2 Å². The minimum atomic E-state index is 0.464. The molecule has 0 atom stereocenters. The number of aromatic hydroxyl groups is 2. The van der Waals surface area contributed by atoms with Crippen molar-refractivity contribution >= 4 is 11.8 Å². The molecule has 0 spiro atoms. The molecule has 196 valence electrons. The Bertz CT molecular complexity index is 803. The third-order valence-electron chi connectivity index (χ3n) is 6.94. The third-order valence-corrected chi connectivity index (χ3v) is 8.14. The summed E-state index contributed by atoms with van der Waals surface area (Å²) >= 11 is 1.86. The minimum absolute atomic E-state index is 0.464. The highest BCUT2D eigenvalue weighted by atomic mass is 32.2. The molecule has 2 rings (SSSR count). The summed E-state index contributed by atoms with van der Waals surface area (Å²) in [6, 6.07) is 8.60. The van der Waals surface area contributed by atoms with Crippen LogP contribution in [-0.4, -0.2) is 10.2 Å². The average Bonchev–Trinajstić information content (AvgIpc) is 2.84. The highest BCUT2D eigenvalue weighted by Crippen LogP contribution is 2.40. The topological polar surface area (TPSA) is 40.5 Å². The Morgan fingerprint density at radius 1 is 0.457 bits per heavy atom. The standard InChI is InChI=1S/C32H50O2S/c1-5-9-13-17-25-23-31(27(21-29(25)33)19-15-11-7-3)35-32-24-26(18-14-10-6-2)30(34)22-28(32)20-16-12-8-4/h21-24,33-34H,5-20H2,1-4H3. The molecule has 35 heavy (non-hydrogen) atoms. The van der Waals surface area contributed by atoms with Gasteiger partial charge in [-0.15, -0.1) is 0 Å². The van der Waals surface area contributed by atoms with E-state index in [-0.39, 0.29) is 0 Å². The van der Waals surface area contributed by atoms with Crippen LogP contribution in [0.1, 0.15) is 127 Å². The molecule has 2 N–H and O–H groups in total. The summed E-state index contributed by atoms with van der Waals surface area (Å²) < 4.78 is 0. The SMILES string of the molecule is CCCCCc1cc(Sc2cc(CCCCC)c(O)cc2CCCCC)c(CCCCC)cc1O. The van der Waals surface area contributed by atoms with Crippen molar-refractivity contribution in [1.29, 1.82) is 0 Å². The number of rotatable bonds is 18. The zero-order valence-corrected chi connectivity index (χ0v) is 23.7. The van der Waals surface area contributed by atoms with E-state index in [4.69, 9.17) is 0 Å². The van der Waals surface area contributed by atoms with Gasteiger partial charge in [-0.3, -0.25) is 0 Å². The van der Waals surface area contributed by atoms with Crippen LogP contribution in [0.2, 0.25) is 0 Å². The largest absolute Gasteiger partial charge is 0.508 e. The van der Waals surface area contributed by atoms with E-state index in [1.165, 1.54) is 72.3 Å². The van der Waals surface area contributed by atoms with Crippen molar-refractivity contribution in [1.82, 2.24) is 0 Å². The maximum atomic E-state index is 10.8. The van der Waals surface area contributed by atoms with Crippen LogP contribution in [0.15, 0.2) is 34.1 Å². The lowest BCUT2D eigenvalue weighted by molar-refractivity contribution is 0.464. The van der Waals surface area contributed by atoms with E-state index < -0.39 is 0 Å². The zero-order valence-electron chi connectivity index (χ0n) is 22.9. The Kier molecular flexibility index (Phi) is 14.3. The van der Waals surface area contributed by atoms with E-state index in [9.17, 15) is 10.2 Å². The van der Waals surface area contributed by atoms with Crippen LogP contribution in [0.4, 0.5) is 0 Å². The van der Waals surface area contributed by atoms with Crippen molar-refractivity contribution in [3.63, 3.8) is 0 Å². The number of unbranched alkanes of at least 4 members (excludes halogenated alkanes) is 8. The fourth-order valence-corrected chi connectivity index (χ4v) is 5.89. The molecule has 0 heterocycles. The summed E-state index contributed by atoms with van der Waals surface area (Å²) in [6.45, 7) is 8.92. The highest BCUT2D eigenvalue weighted by Gasteiger charge is 2.15. The monoisotopic (exact) mass is 498 g/mol. The minimum Gasteiger partial charge on any atom is -0.508 e. The van der Waals surface area contributed by atoms with Crippen LogP contribution in [0.25, 0.3) is 0 Å². The summed E-state index contributed by atoms with van der Waals surface area (Å²) in [5.41, 5.74) is 4.69. The lowest BCUT2D eigenvalue weighted by Crippen LogP contribution is -1.97. The molecule has 0 radical (unpaired) electrons. The van der Waals surface area contributed by atoms with Crippen molar-refractivity contribution < 1.29 is 10.2 Å². The van der Waals surface area contributed by atoms with Gasteiger partial charge in [0, 0.05) is 9.79 Å². The summed E-state index contributed by atoms with van der Waals surface area (Å²) in [4.78, 5) is 2.57. The molecule has 0 fully saturated rings. The van der Waals surface area contributed by atoms with E-state index in [1.54, 1.807) is 0 Å². The Hall–Kier alpha value is -1.61. The molecule has 0 aliphatic rings. The molecule has 0 unspecified atom stereocenters. The maximum absolute atomic E-state index is 10.8. The smallest absolute Gasteiger partial charge is 0.119 e. The normalized spacial score (nSPS) is 11.3. The molecule has 0 saturated heterocycles. The Morgan fingerprint density at radius 2 is 0.771 bits per heavy atom. The number of phenolic OH excluding ortho intramolecular Hbond substituents is 2. The van der Waals surface area contributed by atoms with Crippen molar-refractivity contribution in [3.05, 3.63) is 46.5 Å². The molecule has 0 aliphatic carbocycles. The van der Waals surface area contributed by atoms with Gasteiger partial charge in [0.05, 0.1) is 0 Å². The van der Waals surface area contributed by atoms with Gasteiger partial charge in [-0.1, -0.05) is 90.8 Å². The lowest BCUT2D eigenvalue weighted by Gasteiger charge is -2.17. The molecule has 2 aromatic carbocycles. The Labute approximate surface area is 219 Å². The second-order valence-corrected chi connectivity index (χ2v) is 11.2. The van der Waals surface area contributed by atoms with Crippen molar-refractivity contribution in [2.45, 2.75) is 140 Å². The Morgan fingerprint density at radius 3 is 1.09 bits per heavy atom. The van der Waals surface area contributed by atoms with Gasteiger partial charge >= 0.3 is 0 Å². The third kappa shape index (κ3) is 10.1. The number of hydrogen-bond donors (Lipinski definition) is 2. The van der Waals surface area contributed by atoms with Crippen molar-refractivity contribution in [2.24, 2.45) is 0 Å². The molecule has 0 aromatic heterocycles. The molecule has 3 heteroatoms. The van der Waals surface area contributed by atoms with Crippen LogP contribution >= 0.6 is 11.8 Å². The molecule has 0 saturated carbocycles. The van der Waals surface area contributed by atoms with Crippen LogP contribution in [-0.2, 0) is 25.7 Å². The summed E-state index contributed by atoms with van der Waals surface area (Å²) in [5.74, 6) is 0.928. The molecule has 0 bridgehead atoms. The van der Waals surface area contributed by atoms with Gasteiger partial charge in [0.25, 0.3) is 0 Å². The van der Waals surface area contributed by atoms with Gasteiger partial charge in [0.1, 0.15) is 11.5 Å². The summed E-state index contributed by atoms with van der Waals surface area (Å²) in [7, 11) is 0. The fourth-order valence-electron chi connectivity index (χ4n) is 4.67. The quantitative estimate of drug-likeness (QED) is 0.201. The molecular weight excluding hydrogens is 448 g/mol. The second-order valence-electron chi connectivity index (χ2n) is 10.1. The number of phenols is 2. The maximum Gasteiger partial charge on any atom is 0.119 e. The lowest BCUT2D eigenvalue weighted by atomic mass is 10.0. The van der Waals surface area contributed by atoms with E-state index in [0.717, 1.165) is 62.5 Å². The molecule has 0 aliphatic heterocycles. The van der Waals surface area contributed by atoms with Gasteiger partial charge in [-0.2, -0.15) is 0 Å². The number of hydrogen-bond acceptors (Lipinski definition) is 3. The van der Waals surface area contributed by atoms with Crippen molar-refractivity contribution in [2.75, 3.05) is 0 Å². The second kappa shape index (κ2) is 17.0. The predicted octanol–water partition coefficient (Wildman–Crippen LogP) is 10.2. The number of benzene rings is 2.